The second-order valence-corrected chi connectivity index (χ2v) is 15.3. The van der Waals surface area contributed by atoms with E-state index >= 15 is 0 Å². The number of carbonyl (C=O) groups is 5. The molecule has 0 atom stereocenters. The first-order valence-electron chi connectivity index (χ1n) is 15.1. The largest absolute Gasteiger partial charge is 0.484 e. The fraction of sp³-hybridized carbons (Fsp3) is 0.250. The second kappa shape index (κ2) is 13.6. The van der Waals surface area contributed by atoms with Crippen LogP contribution >= 0.6 is 35.3 Å². The van der Waals surface area contributed by atoms with E-state index in [0.717, 1.165) is 46.1 Å². The van der Waals surface area contributed by atoms with E-state index in [1.165, 1.54) is 28.4 Å². The van der Waals surface area contributed by atoms with E-state index in [0.29, 0.717) is 27.5 Å². The molecule has 3 aromatic carbocycles. The molecule has 0 fully saturated rings. The highest BCUT2D eigenvalue weighted by Gasteiger charge is 2.61. The van der Waals surface area contributed by atoms with E-state index in [-0.39, 0.29) is 32.8 Å². The van der Waals surface area contributed by atoms with Crippen LogP contribution in [-0.4, -0.2) is 74.4 Å². The standard InChI is InChI=1S/C36H31NO10S3/c1-35(2)30-25(22-13-9-10-14-23(22)37(35)24(38)18-47-21-16-15-19-11-7-8-12-20(19)17-21)36(26(31(39)43-3)27(48-30)32(40)44-4)49-28(33(41)45-5)29(50-36)34(42)46-6/h7-17H,18H2,1-6H3. The number of carbonyl (C=O) groups excluding carboxylic acids is 5. The highest BCUT2D eigenvalue weighted by atomic mass is 32.2. The minimum absolute atomic E-state index is 0.119. The number of anilines is 1. The summed E-state index contributed by atoms with van der Waals surface area (Å²) in [5.74, 6) is -3.27. The Morgan fingerprint density at radius 1 is 0.680 bits per heavy atom. The number of ether oxygens (including phenoxy) is 5. The van der Waals surface area contributed by atoms with Crippen molar-refractivity contribution >= 4 is 87.1 Å². The number of hydrogen-bond acceptors (Lipinski definition) is 13. The van der Waals surface area contributed by atoms with Gasteiger partial charge in [0.15, 0.2) is 6.61 Å². The van der Waals surface area contributed by atoms with Gasteiger partial charge in [-0.25, -0.2) is 19.2 Å². The highest BCUT2D eigenvalue weighted by molar-refractivity contribution is 8.26. The molecule has 0 bridgehead atoms. The Morgan fingerprint density at radius 3 is 1.86 bits per heavy atom. The van der Waals surface area contributed by atoms with Crippen LogP contribution in [0.1, 0.15) is 19.4 Å². The van der Waals surface area contributed by atoms with Crippen LogP contribution in [0.3, 0.4) is 0 Å². The van der Waals surface area contributed by atoms with E-state index in [2.05, 4.69) is 0 Å². The van der Waals surface area contributed by atoms with E-state index < -0.39 is 33.5 Å². The van der Waals surface area contributed by atoms with Crippen molar-refractivity contribution in [1.29, 1.82) is 0 Å². The first-order chi connectivity index (χ1) is 23.9. The normalized spacial score (nSPS) is 17.3. The van der Waals surface area contributed by atoms with Crippen molar-refractivity contribution in [2.75, 3.05) is 39.9 Å². The van der Waals surface area contributed by atoms with Crippen LogP contribution in [0, 0.1) is 0 Å². The van der Waals surface area contributed by atoms with Crippen molar-refractivity contribution in [2.45, 2.75) is 23.5 Å². The van der Waals surface area contributed by atoms with Gasteiger partial charge in [-0.1, -0.05) is 83.8 Å². The van der Waals surface area contributed by atoms with Crippen LogP contribution in [-0.2, 0) is 42.9 Å². The minimum atomic E-state index is -1.66. The van der Waals surface area contributed by atoms with E-state index in [4.69, 9.17) is 23.7 Å². The van der Waals surface area contributed by atoms with Gasteiger partial charge in [0, 0.05) is 16.0 Å². The molecule has 50 heavy (non-hydrogen) atoms. The highest BCUT2D eigenvalue weighted by Crippen LogP contribution is 2.71. The summed E-state index contributed by atoms with van der Waals surface area (Å²) in [7, 11) is 4.68. The van der Waals surface area contributed by atoms with Crippen molar-refractivity contribution in [3.8, 4) is 5.75 Å². The molecule has 0 unspecified atom stereocenters. The molecule has 1 amide bonds. The number of amides is 1. The average Bonchev–Trinajstić information content (AvgIpc) is 3.52. The Balaban J connectivity index is 1.53. The van der Waals surface area contributed by atoms with Gasteiger partial charge < -0.3 is 23.7 Å². The van der Waals surface area contributed by atoms with Gasteiger partial charge >= 0.3 is 23.9 Å². The summed E-state index contributed by atoms with van der Waals surface area (Å²) in [6.07, 6.45) is 0. The maximum atomic E-state index is 14.3. The Hall–Kier alpha value is -4.66. The molecule has 11 nitrogen and oxygen atoms in total. The van der Waals surface area contributed by atoms with Gasteiger partial charge in [-0.3, -0.25) is 9.69 Å². The molecule has 0 N–H and O–H groups in total. The molecule has 3 heterocycles. The molecule has 3 aliphatic rings. The first-order valence-corrected chi connectivity index (χ1v) is 17.6. The Bertz CT molecular complexity index is 2050. The monoisotopic (exact) mass is 733 g/mol. The molecule has 6 rings (SSSR count). The van der Waals surface area contributed by atoms with Gasteiger partial charge in [0.1, 0.15) is 24.5 Å². The molecular weight excluding hydrogens is 703 g/mol. The molecule has 0 aromatic heterocycles. The molecule has 3 aliphatic heterocycles. The summed E-state index contributed by atoms with van der Waals surface area (Å²) in [6, 6.07) is 20.5. The van der Waals surface area contributed by atoms with E-state index in [1.807, 2.05) is 50.2 Å². The Kier molecular flexibility index (Phi) is 9.55. The lowest BCUT2D eigenvalue weighted by atomic mass is 9.83. The maximum absolute atomic E-state index is 14.3. The maximum Gasteiger partial charge on any atom is 0.345 e. The number of nitrogens with zero attached hydrogens (tertiary/aromatic N) is 1. The minimum Gasteiger partial charge on any atom is -0.484 e. The third-order valence-corrected chi connectivity index (χ3v) is 13.0. The summed E-state index contributed by atoms with van der Waals surface area (Å²) in [4.78, 5) is 69.7. The summed E-state index contributed by atoms with van der Waals surface area (Å²) in [6.45, 7) is 3.31. The Morgan fingerprint density at radius 2 is 1.24 bits per heavy atom. The van der Waals surface area contributed by atoms with Crippen molar-refractivity contribution in [3.05, 3.63) is 97.5 Å². The SMILES string of the molecule is COC(=O)C1=C(C(=O)OC)SC2(S1)C(C(=O)OC)=C(C(=O)OC)SC1=C2c2ccccc2N(C(=O)COc2ccc3ccccc3c2)C1(C)C. The van der Waals surface area contributed by atoms with Crippen molar-refractivity contribution in [3.63, 3.8) is 0 Å². The van der Waals surface area contributed by atoms with Crippen LogP contribution in [0.4, 0.5) is 5.69 Å². The molecular formula is C36H31NO10S3. The summed E-state index contributed by atoms with van der Waals surface area (Å²) in [5, 5.41) is 1.99. The molecule has 0 saturated carbocycles. The fourth-order valence-electron chi connectivity index (χ4n) is 6.18. The fourth-order valence-corrected chi connectivity index (χ4v) is 11.2. The number of fused-ring (bicyclic) bond motifs is 4. The predicted molar refractivity (Wildman–Crippen MR) is 192 cm³/mol. The van der Waals surface area contributed by atoms with E-state index in [1.54, 1.807) is 35.2 Å². The van der Waals surface area contributed by atoms with Crippen LogP contribution in [0.15, 0.2) is 91.9 Å². The van der Waals surface area contributed by atoms with Gasteiger partial charge in [-0.05, 0) is 42.8 Å². The molecule has 3 aromatic rings. The third-order valence-electron chi connectivity index (χ3n) is 8.38. The van der Waals surface area contributed by atoms with Crippen LogP contribution in [0.5, 0.6) is 5.75 Å². The van der Waals surface area contributed by atoms with Crippen LogP contribution < -0.4 is 9.64 Å². The molecule has 0 radical (unpaired) electrons. The zero-order chi connectivity index (χ0) is 36.0. The van der Waals surface area contributed by atoms with Crippen LogP contribution in [0.25, 0.3) is 16.3 Å². The number of methoxy groups -OCH3 is 4. The van der Waals surface area contributed by atoms with Gasteiger partial charge in [0.25, 0.3) is 5.91 Å². The quantitative estimate of drug-likeness (QED) is 0.213. The summed E-state index contributed by atoms with van der Waals surface area (Å²) in [5.41, 5.74) is 0.185. The van der Waals surface area contributed by atoms with Crippen molar-refractivity contribution in [1.82, 2.24) is 0 Å². The van der Waals surface area contributed by atoms with Gasteiger partial charge in [-0.2, -0.15) is 0 Å². The smallest absolute Gasteiger partial charge is 0.345 e. The zero-order valence-corrected chi connectivity index (χ0v) is 30.3. The molecule has 258 valence electrons. The Labute approximate surface area is 300 Å². The molecule has 0 aliphatic carbocycles. The lowest BCUT2D eigenvalue weighted by Crippen LogP contribution is -2.55. The number of esters is 4. The number of rotatable bonds is 7. The molecule has 0 saturated heterocycles. The molecule has 14 heteroatoms. The van der Waals surface area contributed by atoms with E-state index in [9.17, 15) is 24.0 Å². The first kappa shape index (κ1) is 35.2. The topological polar surface area (TPSA) is 135 Å². The van der Waals surface area contributed by atoms with Crippen molar-refractivity contribution < 1.29 is 47.7 Å². The average molecular weight is 734 g/mol. The van der Waals surface area contributed by atoms with Crippen LogP contribution in [0.2, 0.25) is 0 Å². The summed E-state index contributed by atoms with van der Waals surface area (Å²) < 4.78 is 24.8. The molecule has 1 spiro atoms. The lowest BCUT2D eigenvalue weighted by molar-refractivity contribution is -0.138. The number of para-hydroxylation sites is 1. The number of thioether (sulfide) groups is 3. The predicted octanol–water partition coefficient (Wildman–Crippen LogP) is 5.84. The number of benzene rings is 3. The lowest BCUT2D eigenvalue weighted by Gasteiger charge is -2.50. The van der Waals surface area contributed by atoms with Gasteiger partial charge in [0.2, 0.25) is 0 Å². The van der Waals surface area contributed by atoms with Gasteiger partial charge in [-0.15, -0.1) is 0 Å². The second-order valence-electron chi connectivity index (χ2n) is 11.6. The zero-order valence-electron chi connectivity index (χ0n) is 27.8. The third kappa shape index (κ3) is 5.64. The number of hydrogen-bond donors (Lipinski definition) is 0. The van der Waals surface area contributed by atoms with Gasteiger partial charge in [0.05, 0.1) is 45.2 Å². The van der Waals surface area contributed by atoms with Crippen molar-refractivity contribution in [2.24, 2.45) is 0 Å². The summed E-state index contributed by atoms with van der Waals surface area (Å²) >= 11 is 2.71.